The predicted octanol–water partition coefficient (Wildman–Crippen LogP) is 3.40. The van der Waals surface area contributed by atoms with Crippen molar-refractivity contribution in [2.45, 2.75) is 0 Å². The molecule has 0 aliphatic rings. The third-order valence-corrected chi connectivity index (χ3v) is 2.24. The molecule has 0 bridgehead atoms. The van der Waals surface area contributed by atoms with Crippen molar-refractivity contribution in [1.82, 2.24) is 0 Å². The quantitative estimate of drug-likeness (QED) is 0.571. The molecule has 4 heteroatoms. The molecule has 16 heavy (non-hydrogen) atoms. The minimum absolute atomic E-state index is 0.0279. The summed E-state index contributed by atoms with van der Waals surface area (Å²) in [4.78, 5) is 9.99. The van der Waals surface area contributed by atoms with Crippen molar-refractivity contribution < 1.29 is 9.31 Å². The fourth-order valence-corrected chi connectivity index (χ4v) is 1.44. The van der Waals surface area contributed by atoms with E-state index in [1.54, 1.807) is 24.3 Å². The van der Waals surface area contributed by atoms with Gasteiger partial charge in [0.25, 0.3) is 5.69 Å². The molecule has 3 nitrogen and oxygen atoms in total. The molecule has 2 rings (SSSR count). The Balaban J connectivity index is 2.38. The Morgan fingerprint density at radius 3 is 2.25 bits per heavy atom. The van der Waals surface area contributed by atoms with Gasteiger partial charge in [0.2, 0.25) is 0 Å². The number of nitrogens with zero attached hydrogens (tertiary/aromatic N) is 1. The molecular formula is C12H8FNO2. The average molecular weight is 217 g/mol. The van der Waals surface area contributed by atoms with Crippen molar-refractivity contribution in [2.75, 3.05) is 0 Å². The van der Waals surface area contributed by atoms with Crippen molar-refractivity contribution in [3.63, 3.8) is 0 Å². The average Bonchev–Trinajstić information content (AvgIpc) is 2.29. The van der Waals surface area contributed by atoms with Gasteiger partial charge in [-0.25, -0.2) is 4.39 Å². The number of non-ortho nitro benzene ring substituents is 1. The first-order valence-corrected chi connectivity index (χ1v) is 4.67. The fraction of sp³-hybridized carbons (Fsp3) is 0. The van der Waals surface area contributed by atoms with Crippen LogP contribution in [0.25, 0.3) is 11.1 Å². The van der Waals surface area contributed by atoms with Crippen LogP contribution in [-0.4, -0.2) is 4.92 Å². The molecule has 2 aromatic carbocycles. The van der Waals surface area contributed by atoms with E-state index in [2.05, 4.69) is 0 Å². The number of benzene rings is 2. The Bertz CT molecular complexity index is 523. The van der Waals surface area contributed by atoms with Crippen LogP contribution in [0.1, 0.15) is 0 Å². The first-order valence-electron chi connectivity index (χ1n) is 4.67. The summed E-state index contributed by atoms with van der Waals surface area (Å²) in [5.74, 6) is -0.323. The lowest BCUT2D eigenvalue weighted by molar-refractivity contribution is -0.384. The molecule has 0 aromatic heterocycles. The number of halogens is 1. The van der Waals surface area contributed by atoms with E-state index in [0.29, 0.717) is 5.56 Å². The Labute approximate surface area is 91.3 Å². The van der Waals surface area contributed by atoms with Gasteiger partial charge in [0.1, 0.15) is 5.82 Å². The minimum Gasteiger partial charge on any atom is -0.258 e. The van der Waals surface area contributed by atoms with E-state index in [4.69, 9.17) is 0 Å². The van der Waals surface area contributed by atoms with Crippen molar-refractivity contribution in [3.05, 3.63) is 64.5 Å². The van der Waals surface area contributed by atoms with Crippen molar-refractivity contribution in [3.8, 4) is 11.1 Å². The van der Waals surface area contributed by atoms with E-state index < -0.39 is 4.92 Å². The Morgan fingerprint density at radius 1 is 1.00 bits per heavy atom. The van der Waals surface area contributed by atoms with Crippen LogP contribution in [0.15, 0.2) is 48.5 Å². The predicted molar refractivity (Wildman–Crippen MR) is 58.5 cm³/mol. The molecular weight excluding hydrogens is 209 g/mol. The summed E-state index contributed by atoms with van der Waals surface area (Å²) >= 11 is 0. The van der Waals surface area contributed by atoms with Crippen molar-refractivity contribution in [2.24, 2.45) is 0 Å². The monoisotopic (exact) mass is 217 g/mol. The second-order valence-electron chi connectivity index (χ2n) is 3.31. The van der Waals surface area contributed by atoms with Gasteiger partial charge in [-0.2, -0.15) is 0 Å². The molecule has 0 N–H and O–H groups in total. The topological polar surface area (TPSA) is 43.1 Å². The standard InChI is InChI=1S/C12H8FNO2/c13-11-3-1-2-10(8-11)9-4-6-12(7-5-9)14(15)16/h1-8H. The molecule has 2 aromatic rings. The summed E-state index contributed by atoms with van der Waals surface area (Å²) < 4.78 is 13.0. The highest BCUT2D eigenvalue weighted by atomic mass is 19.1. The summed E-state index contributed by atoms with van der Waals surface area (Å²) in [7, 11) is 0. The Morgan fingerprint density at radius 2 is 1.69 bits per heavy atom. The lowest BCUT2D eigenvalue weighted by Gasteiger charge is -2.00. The van der Waals surface area contributed by atoms with Gasteiger partial charge in [-0.3, -0.25) is 10.1 Å². The summed E-state index contributed by atoms with van der Waals surface area (Å²) in [6.07, 6.45) is 0. The molecule has 0 aliphatic heterocycles. The smallest absolute Gasteiger partial charge is 0.258 e. The molecule has 0 heterocycles. The van der Waals surface area contributed by atoms with Crippen LogP contribution >= 0.6 is 0 Å². The molecule has 80 valence electrons. The third kappa shape index (κ3) is 2.06. The molecule has 0 spiro atoms. The third-order valence-electron chi connectivity index (χ3n) is 2.24. The van der Waals surface area contributed by atoms with Gasteiger partial charge in [0.05, 0.1) is 4.92 Å². The van der Waals surface area contributed by atoms with Crippen molar-refractivity contribution >= 4 is 5.69 Å². The molecule has 0 aliphatic carbocycles. The summed E-state index contributed by atoms with van der Waals surface area (Å²) in [5, 5.41) is 10.4. The molecule has 0 radical (unpaired) electrons. The zero-order valence-electron chi connectivity index (χ0n) is 8.26. The molecule has 0 unspecified atom stereocenters. The number of nitro groups is 1. The number of nitro benzene ring substituents is 1. The molecule has 0 saturated heterocycles. The lowest BCUT2D eigenvalue weighted by atomic mass is 10.1. The van der Waals surface area contributed by atoms with E-state index >= 15 is 0 Å². The van der Waals surface area contributed by atoms with E-state index in [1.807, 2.05) is 0 Å². The van der Waals surface area contributed by atoms with E-state index in [1.165, 1.54) is 24.3 Å². The van der Waals surface area contributed by atoms with Crippen LogP contribution < -0.4 is 0 Å². The maximum atomic E-state index is 13.0. The molecule has 0 atom stereocenters. The first-order chi connectivity index (χ1) is 7.66. The van der Waals surface area contributed by atoms with Crippen LogP contribution in [0.4, 0.5) is 10.1 Å². The van der Waals surface area contributed by atoms with Gasteiger partial charge in [-0.05, 0) is 35.4 Å². The lowest BCUT2D eigenvalue weighted by Crippen LogP contribution is -1.87. The van der Waals surface area contributed by atoms with Crippen LogP contribution in [0, 0.1) is 15.9 Å². The van der Waals surface area contributed by atoms with E-state index in [-0.39, 0.29) is 11.5 Å². The van der Waals surface area contributed by atoms with Gasteiger partial charge in [-0.15, -0.1) is 0 Å². The number of rotatable bonds is 2. The Kier molecular flexibility index (Phi) is 2.64. The maximum Gasteiger partial charge on any atom is 0.269 e. The van der Waals surface area contributed by atoms with Crippen LogP contribution in [0.5, 0.6) is 0 Å². The van der Waals surface area contributed by atoms with Crippen molar-refractivity contribution in [1.29, 1.82) is 0 Å². The largest absolute Gasteiger partial charge is 0.269 e. The zero-order chi connectivity index (χ0) is 11.5. The highest BCUT2D eigenvalue weighted by molar-refractivity contribution is 5.64. The second kappa shape index (κ2) is 4.10. The van der Waals surface area contributed by atoms with E-state index in [9.17, 15) is 14.5 Å². The van der Waals surface area contributed by atoms with Gasteiger partial charge >= 0.3 is 0 Å². The van der Waals surface area contributed by atoms with Gasteiger partial charge in [0.15, 0.2) is 0 Å². The van der Waals surface area contributed by atoms with E-state index in [0.717, 1.165) is 5.56 Å². The summed E-state index contributed by atoms with van der Waals surface area (Å²) in [6.45, 7) is 0. The number of hydrogen-bond donors (Lipinski definition) is 0. The van der Waals surface area contributed by atoms with Gasteiger partial charge in [0, 0.05) is 12.1 Å². The first kappa shape index (κ1) is 10.3. The normalized spacial score (nSPS) is 10.1. The maximum absolute atomic E-state index is 13.0. The molecule has 0 fully saturated rings. The highest BCUT2D eigenvalue weighted by Crippen LogP contribution is 2.22. The van der Waals surface area contributed by atoms with Crippen LogP contribution in [0.2, 0.25) is 0 Å². The fourth-order valence-electron chi connectivity index (χ4n) is 1.44. The second-order valence-corrected chi connectivity index (χ2v) is 3.31. The SMILES string of the molecule is O=[N+]([O-])c1ccc(-c2cccc(F)c2)cc1. The molecule has 0 saturated carbocycles. The van der Waals surface area contributed by atoms with Gasteiger partial charge in [-0.1, -0.05) is 12.1 Å². The highest BCUT2D eigenvalue weighted by Gasteiger charge is 2.05. The summed E-state index contributed by atoms with van der Waals surface area (Å²) in [5.41, 5.74) is 1.49. The van der Waals surface area contributed by atoms with Crippen LogP contribution in [-0.2, 0) is 0 Å². The molecule has 0 amide bonds. The van der Waals surface area contributed by atoms with Gasteiger partial charge < -0.3 is 0 Å². The number of hydrogen-bond acceptors (Lipinski definition) is 2. The Hall–Kier alpha value is -2.23. The van der Waals surface area contributed by atoms with Crippen LogP contribution in [0.3, 0.4) is 0 Å². The minimum atomic E-state index is -0.463. The zero-order valence-corrected chi connectivity index (χ0v) is 8.26. The summed E-state index contributed by atoms with van der Waals surface area (Å²) in [6, 6.07) is 12.1.